The van der Waals surface area contributed by atoms with E-state index in [0.717, 1.165) is 38.2 Å². The van der Waals surface area contributed by atoms with Crippen molar-refractivity contribution < 1.29 is 0 Å². The number of nitrogens with one attached hydrogen (secondary N) is 1. The second-order valence-corrected chi connectivity index (χ2v) is 5.79. The highest BCUT2D eigenvalue weighted by Crippen LogP contribution is 2.16. The van der Waals surface area contributed by atoms with E-state index in [4.69, 9.17) is 0 Å². The summed E-state index contributed by atoms with van der Waals surface area (Å²) in [5.41, 5.74) is 0.997. The maximum Gasteiger partial charge on any atom is 0.268 e. The Hall–Kier alpha value is -1.36. The molecular weight excluding hydrogens is 252 g/mol. The fraction of sp³-hybridized carbons (Fsp3) is 0.733. The molecule has 0 spiro atoms. The summed E-state index contributed by atoms with van der Waals surface area (Å²) in [7, 11) is 0. The van der Waals surface area contributed by atoms with Crippen molar-refractivity contribution in [3.05, 3.63) is 22.6 Å². The van der Waals surface area contributed by atoms with E-state index in [2.05, 4.69) is 29.2 Å². The Morgan fingerprint density at radius 2 is 2.05 bits per heavy atom. The Morgan fingerprint density at radius 1 is 1.30 bits per heavy atom. The SMILES string of the molecule is CC(C)NCCCCn1ncc(N2CCCC2)cc1=O. The van der Waals surface area contributed by atoms with Crippen molar-refractivity contribution >= 4 is 5.69 Å². The van der Waals surface area contributed by atoms with Crippen molar-refractivity contribution in [2.75, 3.05) is 24.5 Å². The molecule has 1 aromatic rings. The summed E-state index contributed by atoms with van der Waals surface area (Å²) in [6.07, 6.45) is 6.31. The number of unbranched alkanes of at least 4 members (excludes halogenated alkanes) is 1. The van der Waals surface area contributed by atoms with Gasteiger partial charge in [-0.3, -0.25) is 4.79 Å². The van der Waals surface area contributed by atoms with Crippen LogP contribution in [0.5, 0.6) is 0 Å². The Morgan fingerprint density at radius 3 is 2.70 bits per heavy atom. The zero-order chi connectivity index (χ0) is 14.4. The summed E-state index contributed by atoms with van der Waals surface area (Å²) in [5, 5.41) is 7.68. The molecule has 2 rings (SSSR count). The van der Waals surface area contributed by atoms with Gasteiger partial charge in [0, 0.05) is 31.7 Å². The van der Waals surface area contributed by atoms with Gasteiger partial charge in [-0.1, -0.05) is 13.8 Å². The van der Waals surface area contributed by atoms with Gasteiger partial charge in [0.2, 0.25) is 0 Å². The summed E-state index contributed by atoms with van der Waals surface area (Å²) in [5.74, 6) is 0. The topological polar surface area (TPSA) is 50.2 Å². The summed E-state index contributed by atoms with van der Waals surface area (Å²) in [6.45, 7) is 8.08. The molecular formula is C15H26N4O. The van der Waals surface area contributed by atoms with E-state index in [1.165, 1.54) is 12.8 Å². The van der Waals surface area contributed by atoms with Crippen molar-refractivity contribution in [2.45, 2.75) is 52.1 Å². The van der Waals surface area contributed by atoms with Crippen LogP contribution in [0.3, 0.4) is 0 Å². The van der Waals surface area contributed by atoms with E-state index in [-0.39, 0.29) is 5.56 Å². The average Bonchev–Trinajstić information content (AvgIpc) is 2.93. The van der Waals surface area contributed by atoms with Gasteiger partial charge in [0.1, 0.15) is 0 Å². The summed E-state index contributed by atoms with van der Waals surface area (Å²) >= 11 is 0. The first-order valence-electron chi connectivity index (χ1n) is 7.72. The first-order valence-corrected chi connectivity index (χ1v) is 7.72. The highest BCUT2D eigenvalue weighted by atomic mass is 16.1. The van der Waals surface area contributed by atoms with E-state index in [1.807, 2.05) is 6.20 Å². The van der Waals surface area contributed by atoms with Gasteiger partial charge in [-0.2, -0.15) is 5.10 Å². The molecule has 2 heterocycles. The lowest BCUT2D eigenvalue weighted by Crippen LogP contribution is -2.27. The third kappa shape index (κ3) is 4.34. The lowest BCUT2D eigenvalue weighted by atomic mass is 10.3. The zero-order valence-corrected chi connectivity index (χ0v) is 12.6. The molecule has 1 aliphatic rings. The molecule has 1 fully saturated rings. The molecule has 0 aliphatic carbocycles. The first-order chi connectivity index (χ1) is 9.66. The van der Waals surface area contributed by atoms with Crippen LogP contribution in [0.15, 0.2) is 17.1 Å². The molecule has 0 aromatic carbocycles. The highest BCUT2D eigenvalue weighted by Gasteiger charge is 2.13. The third-order valence-corrected chi connectivity index (χ3v) is 3.68. The molecule has 112 valence electrons. The Balaban J connectivity index is 1.82. The molecule has 0 radical (unpaired) electrons. The highest BCUT2D eigenvalue weighted by molar-refractivity contribution is 5.43. The normalized spacial score (nSPS) is 15.2. The Bertz CT molecular complexity index is 463. The molecule has 1 N–H and O–H groups in total. The van der Waals surface area contributed by atoms with Crippen LogP contribution in [-0.4, -0.2) is 35.5 Å². The number of hydrogen-bond acceptors (Lipinski definition) is 4. The average molecular weight is 278 g/mol. The van der Waals surface area contributed by atoms with Crippen LogP contribution < -0.4 is 15.8 Å². The lowest BCUT2D eigenvalue weighted by molar-refractivity contribution is 0.499. The summed E-state index contributed by atoms with van der Waals surface area (Å²) < 4.78 is 1.58. The van der Waals surface area contributed by atoms with E-state index in [0.29, 0.717) is 12.6 Å². The second kappa shape index (κ2) is 7.43. The van der Waals surface area contributed by atoms with Crippen molar-refractivity contribution in [3.8, 4) is 0 Å². The molecule has 5 heteroatoms. The number of rotatable bonds is 7. The first kappa shape index (κ1) is 15.0. The van der Waals surface area contributed by atoms with Gasteiger partial charge in [0.15, 0.2) is 0 Å². The number of anilines is 1. The number of aromatic nitrogens is 2. The number of hydrogen-bond donors (Lipinski definition) is 1. The van der Waals surface area contributed by atoms with Crippen LogP contribution in [-0.2, 0) is 6.54 Å². The molecule has 0 bridgehead atoms. The van der Waals surface area contributed by atoms with Gasteiger partial charge < -0.3 is 10.2 Å². The molecule has 1 aromatic heterocycles. The van der Waals surface area contributed by atoms with Crippen molar-refractivity contribution in [1.29, 1.82) is 0 Å². The van der Waals surface area contributed by atoms with Crippen LogP contribution in [0.1, 0.15) is 39.5 Å². The maximum atomic E-state index is 12.0. The van der Waals surface area contributed by atoms with Crippen LogP contribution in [0.2, 0.25) is 0 Å². The minimum absolute atomic E-state index is 0.0196. The molecule has 5 nitrogen and oxygen atoms in total. The predicted octanol–water partition coefficient (Wildman–Crippen LogP) is 1.62. The van der Waals surface area contributed by atoms with Crippen LogP contribution >= 0.6 is 0 Å². The van der Waals surface area contributed by atoms with Gasteiger partial charge in [-0.15, -0.1) is 0 Å². The lowest BCUT2D eigenvalue weighted by Gasteiger charge is -2.17. The van der Waals surface area contributed by atoms with Gasteiger partial charge in [-0.05, 0) is 32.2 Å². The van der Waals surface area contributed by atoms with Crippen molar-refractivity contribution in [2.24, 2.45) is 0 Å². The van der Waals surface area contributed by atoms with Crippen molar-refractivity contribution in [3.63, 3.8) is 0 Å². The molecule has 1 saturated heterocycles. The summed E-state index contributed by atoms with van der Waals surface area (Å²) in [6, 6.07) is 2.25. The zero-order valence-electron chi connectivity index (χ0n) is 12.6. The standard InChI is InChI=1S/C15H26N4O/c1-13(2)16-7-3-4-10-19-15(20)11-14(12-17-19)18-8-5-6-9-18/h11-13,16H,3-10H2,1-2H3. The molecule has 0 amide bonds. The van der Waals surface area contributed by atoms with E-state index >= 15 is 0 Å². The van der Waals surface area contributed by atoms with Gasteiger partial charge in [0.05, 0.1) is 11.9 Å². The smallest absolute Gasteiger partial charge is 0.268 e. The largest absolute Gasteiger partial charge is 0.370 e. The molecule has 1 aliphatic heterocycles. The molecule has 0 atom stereocenters. The van der Waals surface area contributed by atoms with Crippen molar-refractivity contribution in [1.82, 2.24) is 15.1 Å². The Kier molecular flexibility index (Phi) is 5.59. The summed E-state index contributed by atoms with van der Waals surface area (Å²) in [4.78, 5) is 14.3. The molecule has 0 unspecified atom stereocenters. The maximum absolute atomic E-state index is 12.0. The fourth-order valence-electron chi connectivity index (χ4n) is 2.52. The monoisotopic (exact) mass is 278 g/mol. The minimum Gasteiger partial charge on any atom is -0.370 e. The molecule has 0 saturated carbocycles. The van der Waals surface area contributed by atoms with Crippen LogP contribution in [0.4, 0.5) is 5.69 Å². The fourth-order valence-corrected chi connectivity index (χ4v) is 2.52. The number of aryl methyl sites for hydroxylation is 1. The van der Waals surface area contributed by atoms with E-state index in [1.54, 1.807) is 10.7 Å². The van der Waals surface area contributed by atoms with E-state index in [9.17, 15) is 4.79 Å². The van der Waals surface area contributed by atoms with Crippen LogP contribution in [0.25, 0.3) is 0 Å². The quantitative estimate of drug-likeness (QED) is 0.770. The van der Waals surface area contributed by atoms with Gasteiger partial charge in [0.25, 0.3) is 5.56 Å². The number of nitrogens with zero attached hydrogens (tertiary/aromatic N) is 3. The predicted molar refractivity (Wildman–Crippen MR) is 82.3 cm³/mol. The van der Waals surface area contributed by atoms with Crippen LogP contribution in [0, 0.1) is 0 Å². The van der Waals surface area contributed by atoms with Gasteiger partial charge >= 0.3 is 0 Å². The molecule has 20 heavy (non-hydrogen) atoms. The van der Waals surface area contributed by atoms with E-state index < -0.39 is 0 Å². The Labute approximate surface area is 121 Å². The second-order valence-electron chi connectivity index (χ2n) is 5.79. The van der Waals surface area contributed by atoms with Gasteiger partial charge in [-0.25, -0.2) is 4.68 Å². The third-order valence-electron chi connectivity index (χ3n) is 3.68. The minimum atomic E-state index is 0.0196.